The molecule has 3 heterocycles. The first-order valence-corrected chi connectivity index (χ1v) is 10.7. The number of hydrogen-bond donors (Lipinski definition) is 2. The maximum Gasteiger partial charge on any atom is 0.268 e. The summed E-state index contributed by atoms with van der Waals surface area (Å²) in [5.41, 5.74) is 3.99. The summed E-state index contributed by atoms with van der Waals surface area (Å²) in [6.45, 7) is 1.73. The summed E-state index contributed by atoms with van der Waals surface area (Å²) in [6, 6.07) is 9.21. The summed E-state index contributed by atoms with van der Waals surface area (Å²) in [5, 5.41) is 7.41. The van der Waals surface area contributed by atoms with E-state index in [0.717, 1.165) is 25.2 Å². The fourth-order valence-electron chi connectivity index (χ4n) is 3.66. The monoisotopic (exact) mass is 475 g/mol. The molecular weight excluding hydrogens is 461 g/mol. The van der Waals surface area contributed by atoms with Gasteiger partial charge in [0.1, 0.15) is 5.56 Å². The van der Waals surface area contributed by atoms with E-state index in [1.54, 1.807) is 0 Å². The number of aromatic nitrogens is 2. The highest BCUT2D eigenvalue weighted by Gasteiger charge is 2.31. The van der Waals surface area contributed by atoms with Gasteiger partial charge in [0.2, 0.25) is 11.8 Å². The summed E-state index contributed by atoms with van der Waals surface area (Å²) in [6.07, 6.45) is 2.44. The van der Waals surface area contributed by atoms with E-state index in [0.29, 0.717) is 16.7 Å². The van der Waals surface area contributed by atoms with Crippen LogP contribution < -0.4 is 20.3 Å². The number of rotatable bonds is 3. The van der Waals surface area contributed by atoms with Gasteiger partial charge in [-0.05, 0) is 48.4 Å². The number of anilines is 3. The van der Waals surface area contributed by atoms with Gasteiger partial charge in [-0.2, -0.15) is 4.98 Å². The van der Waals surface area contributed by atoms with Crippen molar-refractivity contribution in [2.24, 2.45) is 0 Å². The molecule has 0 atom stereocenters. The van der Waals surface area contributed by atoms with Crippen LogP contribution in [0.15, 0.2) is 36.5 Å². The SMILES string of the molecule is O=C1c2cnc(Nc3ccc4c(c3)CNCC4)nc2OCN1c1c(Cl)cc(Cl)cc1Cl. The average molecular weight is 477 g/mol. The van der Waals surface area contributed by atoms with Gasteiger partial charge in [-0.3, -0.25) is 9.69 Å². The molecule has 31 heavy (non-hydrogen) atoms. The maximum absolute atomic E-state index is 13.0. The second-order valence-corrected chi connectivity index (χ2v) is 8.42. The molecular formula is C21H16Cl3N5O2. The Balaban J connectivity index is 1.40. The second-order valence-electron chi connectivity index (χ2n) is 7.17. The van der Waals surface area contributed by atoms with Crippen molar-refractivity contribution in [3.05, 3.63) is 68.3 Å². The van der Waals surface area contributed by atoms with Crippen molar-refractivity contribution < 1.29 is 9.53 Å². The Labute approximate surface area is 193 Å². The van der Waals surface area contributed by atoms with Crippen LogP contribution in [0.5, 0.6) is 5.88 Å². The molecule has 0 radical (unpaired) electrons. The first-order chi connectivity index (χ1) is 15.0. The molecule has 0 bridgehead atoms. The Morgan fingerprint density at radius 3 is 2.71 bits per heavy atom. The fourth-order valence-corrected chi connectivity index (χ4v) is 4.68. The number of fused-ring (bicyclic) bond motifs is 2. The number of benzene rings is 2. The highest BCUT2D eigenvalue weighted by Crippen LogP contribution is 2.39. The molecule has 0 spiro atoms. The standard InChI is InChI=1S/C21H16Cl3N5O2/c22-13-6-16(23)18(17(24)7-13)29-10-31-19-15(20(29)30)9-26-21(28-19)27-14-2-1-11-3-4-25-8-12(11)5-14/h1-2,5-7,9,25H,3-4,8,10H2,(H,26,27,28). The number of amides is 1. The molecule has 2 aromatic carbocycles. The zero-order valence-corrected chi connectivity index (χ0v) is 18.4. The molecule has 5 rings (SSSR count). The fraction of sp³-hybridized carbons (Fsp3) is 0.190. The van der Waals surface area contributed by atoms with E-state index >= 15 is 0 Å². The molecule has 158 valence electrons. The van der Waals surface area contributed by atoms with Crippen LogP contribution in [0.2, 0.25) is 15.1 Å². The largest absolute Gasteiger partial charge is 0.455 e. The number of carbonyl (C=O) groups excluding carboxylic acids is 1. The normalized spacial score (nSPS) is 15.2. The van der Waals surface area contributed by atoms with Crippen molar-refractivity contribution in [3.63, 3.8) is 0 Å². The van der Waals surface area contributed by atoms with E-state index in [9.17, 15) is 4.79 Å². The predicted molar refractivity (Wildman–Crippen MR) is 121 cm³/mol. The molecule has 2 N–H and O–H groups in total. The van der Waals surface area contributed by atoms with Gasteiger partial charge in [-0.25, -0.2) is 4.98 Å². The molecule has 0 saturated heterocycles. The lowest BCUT2D eigenvalue weighted by atomic mass is 10.0. The second kappa shape index (κ2) is 8.16. The van der Waals surface area contributed by atoms with Gasteiger partial charge < -0.3 is 15.4 Å². The number of halogens is 3. The van der Waals surface area contributed by atoms with E-state index in [4.69, 9.17) is 39.5 Å². The van der Waals surface area contributed by atoms with Crippen molar-refractivity contribution in [1.82, 2.24) is 15.3 Å². The summed E-state index contributed by atoms with van der Waals surface area (Å²) in [7, 11) is 0. The molecule has 3 aromatic rings. The van der Waals surface area contributed by atoms with Gasteiger partial charge in [-0.1, -0.05) is 40.9 Å². The number of nitrogens with one attached hydrogen (secondary N) is 2. The van der Waals surface area contributed by atoms with Crippen molar-refractivity contribution in [2.75, 3.05) is 23.5 Å². The summed E-state index contributed by atoms with van der Waals surface area (Å²) in [4.78, 5) is 23.0. The van der Waals surface area contributed by atoms with Gasteiger partial charge in [-0.15, -0.1) is 0 Å². The molecule has 2 aliphatic rings. The van der Waals surface area contributed by atoms with Crippen molar-refractivity contribution in [2.45, 2.75) is 13.0 Å². The average Bonchev–Trinajstić information content (AvgIpc) is 2.74. The van der Waals surface area contributed by atoms with Crippen LogP contribution in [0.1, 0.15) is 21.5 Å². The quantitative estimate of drug-likeness (QED) is 0.564. The van der Waals surface area contributed by atoms with Crippen LogP contribution in [0, 0.1) is 0 Å². The van der Waals surface area contributed by atoms with Crippen LogP contribution in [0.3, 0.4) is 0 Å². The highest BCUT2D eigenvalue weighted by atomic mass is 35.5. The first-order valence-electron chi connectivity index (χ1n) is 9.55. The third-order valence-electron chi connectivity index (χ3n) is 5.16. The van der Waals surface area contributed by atoms with E-state index < -0.39 is 0 Å². The van der Waals surface area contributed by atoms with Gasteiger partial charge in [0.15, 0.2) is 6.73 Å². The van der Waals surface area contributed by atoms with Crippen LogP contribution in [0.25, 0.3) is 0 Å². The summed E-state index contributed by atoms with van der Waals surface area (Å²) >= 11 is 18.5. The Kier molecular flexibility index (Phi) is 5.35. The molecule has 2 aliphatic heterocycles. The Bertz CT molecular complexity index is 1180. The van der Waals surface area contributed by atoms with Crippen LogP contribution in [0.4, 0.5) is 17.3 Å². The third-order valence-corrected chi connectivity index (χ3v) is 5.95. The van der Waals surface area contributed by atoms with Crippen molar-refractivity contribution in [1.29, 1.82) is 0 Å². The molecule has 1 amide bonds. The minimum absolute atomic E-state index is 0.0894. The zero-order chi connectivity index (χ0) is 21.5. The van der Waals surface area contributed by atoms with Gasteiger partial charge in [0, 0.05) is 23.5 Å². The van der Waals surface area contributed by atoms with E-state index in [1.165, 1.54) is 34.4 Å². The molecule has 0 saturated carbocycles. The van der Waals surface area contributed by atoms with E-state index in [-0.39, 0.29) is 34.1 Å². The molecule has 0 aliphatic carbocycles. The Morgan fingerprint density at radius 1 is 1.10 bits per heavy atom. The summed E-state index contributed by atoms with van der Waals surface area (Å²) in [5.74, 6) is 0.171. The van der Waals surface area contributed by atoms with Gasteiger partial charge in [0.05, 0.1) is 15.7 Å². The number of ether oxygens (including phenoxy) is 1. The highest BCUT2D eigenvalue weighted by molar-refractivity contribution is 6.42. The lowest BCUT2D eigenvalue weighted by Gasteiger charge is -2.29. The summed E-state index contributed by atoms with van der Waals surface area (Å²) < 4.78 is 5.72. The van der Waals surface area contributed by atoms with E-state index in [2.05, 4.69) is 32.7 Å². The topological polar surface area (TPSA) is 79.4 Å². The number of nitrogens with zero attached hydrogens (tertiary/aromatic N) is 3. The molecule has 0 fully saturated rings. The number of carbonyl (C=O) groups is 1. The van der Waals surface area contributed by atoms with Crippen LogP contribution in [-0.4, -0.2) is 29.2 Å². The molecule has 1 aromatic heterocycles. The molecule has 10 heteroatoms. The van der Waals surface area contributed by atoms with Gasteiger partial charge in [0.25, 0.3) is 5.91 Å². The molecule has 0 unspecified atom stereocenters. The smallest absolute Gasteiger partial charge is 0.268 e. The maximum atomic E-state index is 13.0. The van der Waals surface area contributed by atoms with Crippen molar-refractivity contribution in [3.8, 4) is 5.88 Å². The zero-order valence-electron chi connectivity index (χ0n) is 16.1. The van der Waals surface area contributed by atoms with Crippen LogP contribution >= 0.6 is 34.8 Å². The van der Waals surface area contributed by atoms with Crippen molar-refractivity contribution >= 4 is 58.0 Å². The lowest BCUT2D eigenvalue weighted by molar-refractivity contribution is 0.0932. The lowest BCUT2D eigenvalue weighted by Crippen LogP contribution is -2.39. The minimum atomic E-state index is -0.362. The van der Waals surface area contributed by atoms with Crippen LogP contribution in [-0.2, 0) is 13.0 Å². The molecule has 7 nitrogen and oxygen atoms in total. The van der Waals surface area contributed by atoms with E-state index in [1.807, 2.05) is 6.07 Å². The predicted octanol–water partition coefficient (Wildman–Crippen LogP) is 4.82. The Morgan fingerprint density at radius 2 is 1.90 bits per heavy atom. The third kappa shape index (κ3) is 3.90. The Hall–Kier alpha value is -2.58. The number of hydrogen-bond acceptors (Lipinski definition) is 6. The van der Waals surface area contributed by atoms with Gasteiger partial charge >= 0.3 is 0 Å². The first kappa shape index (κ1) is 20.3. The minimum Gasteiger partial charge on any atom is -0.455 e.